The molecule has 0 aliphatic carbocycles. The van der Waals surface area contributed by atoms with Gasteiger partial charge in [0.15, 0.2) is 0 Å². The van der Waals surface area contributed by atoms with Crippen LogP contribution in [0.5, 0.6) is 0 Å². The van der Waals surface area contributed by atoms with E-state index in [1.54, 1.807) is 0 Å². The molecule has 0 heterocycles. The number of halogens is 3. The molecule has 0 bridgehead atoms. The predicted molar refractivity (Wildman–Crippen MR) is 74.1 cm³/mol. The summed E-state index contributed by atoms with van der Waals surface area (Å²) in [6, 6.07) is 4.08. The lowest BCUT2D eigenvalue weighted by Crippen LogP contribution is -2.27. The van der Waals surface area contributed by atoms with Crippen LogP contribution in [-0.4, -0.2) is 11.1 Å². The first-order chi connectivity index (χ1) is 9.86. The summed E-state index contributed by atoms with van der Waals surface area (Å²) in [4.78, 5) is 11.7. The van der Waals surface area contributed by atoms with Crippen molar-refractivity contribution in [3.8, 4) is 0 Å². The predicted octanol–water partition coefficient (Wildman–Crippen LogP) is 4.79. The number of benzene rings is 1. The smallest absolute Gasteiger partial charge is 0.281 e. The first-order valence-corrected chi connectivity index (χ1v) is 7.05. The second-order valence-corrected chi connectivity index (χ2v) is 4.92. The number of rotatable bonds is 7. The van der Waals surface area contributed by atoms with E-state index in [-0.39, 0.29) is 12.1 Å². The van der Waals surface area contributed by atoms with E-state index >= 15 is 0 Å². The van der Waals surface area contributed by atoms with Crippen LogP contribution in [0.3, 0.4) is 0 Å². The van der Waals surface area contributed by atoms with Gasteiger partial charge in [0.2, 0.25) is 0 Å². The van der Waals surface area contributed by atoms with Crippen molar-refractivity contribution >= 4 is 11.6 Å². The van der Waals surface area contributed by atoms with Gasteiger partial charge in [0, 0.05) is 6.42 Å². The molecular weight excluding hydrogens is 283 g/mol. The minimum absolute atomic E-state index is 0.121. The first-order valence-electron chi connectivity index (χ1n) is 7.05. The molecule has 0 spiro atoms. The molecule has 0 aliphatic rings. The zero-order chi connectivity index (χ0) is 15.9. The van der Waals surface area contributed by atoms with Gasteiger partial charge in [0.25, 0.3) is 5.91 Å². The molecule has 6 heteroatoms. The fourth-order valence-corrected chi connectivity index (χ4v) is 1.94. The van der Waals surface area contributed by atoms with E-state index in [1.165, 1.54) is 6.07 Å². The Labute approximate surface area is 122 Å². The van der Waals surface area contributed by atoms with Crippen molar-refractivity contribution in [2.45, 2.75) is 51.6 Å². The summed E-state index contributed by atoms with van der Waals surface area (Å²) in [7, 11) is 0. The van der Waals surface area contributed by atoms with Crippen LogP contribution in [0.4, 0.5) is 18.9 Å². The number of hydrogen-bond acceptors (Lipinski definition) is 2. The number of hydroxylamine groups is 1. The zero-order valence-corrected chi connectivity index (χ0v) is 12.0. The number of alkyl halides is 3. The highest BCUT2D eigenvalue weighted by atomic mass is 19.4. The number of nitrogens with zero attached hydrogens (tertiary/aromatic N) is 1. The summed E-state index contributed by atoms with van der Waals surface area (Å²) >= 11 is 0. The van der Waals surface area contributed by atoms with Crippen molar-refractivity contribution in [1.82, 2.24) is 0 Å². The second kappa shape index (κ2) is 8.02. The molecule has 1 aromatic rings. The van der Waals surface area contributed by atoms with E-state index in [4.69, 9.17) is 0 Å². The quantitative estimate of drug-likeness (QED) is 0.447. The minimum atomic E-state index is -4.50. The van der Waals surface area contributed by atoms with Crippen LogP contribution in [0, 0.1) is 0 Å². The van der Waals surface area contributed by atoms with E-state index in [9.17, 15) is 23.2 Å². The van der Waals surface area contributed by atoms with Gasteiger partial charge in [-0.05, 0) is 24.6 Å². The van der Waals surface area contributed by atoms with Gasteiger partial charge in [0.05, 0.1) is 11.3 Å². The number of carbonyl (C=O) groups excluding carboxylic acids is 1. The van der Waals surface area contributed by atoms with Gasteiger partial charge < -0.3 is 0 Å². The maximum atomic E-state index is 12.6. The Kier molecular flexibility index (Phi) is 6.68. The Bertz CT molecular complexity index is 460. The summed E-state index contributed by atoms with van der Waals surface area (Å²) in [6.45, 7) is 2.08. The Morgan fingerprint density at radius 1 is 1.19 bits per heavy atom. The van der Waals surface area contributed by atoms with E-state index in [1.807, 2.05) is 0 Å². The van der Waals surface area contributed by atoms with E-state index < -0.39 is 17.6 Å². The highest BCUT2D eigenvalue weighted by molar-refractivity contribution is 5.90. The Balaban J connectivity index is 2.58. The summed E-state index contributed by atoms with van der Waals surface area (Å²) in [5, 5.41) is 10.00. The molecule has 0 aromatic heterocycles. The molecule has 1 aromatic carbocycles. The highest BCUT2D eigenvalue weighted by Gasteiger charge is 2.31. The monoisotopic (exact) mass is 303 g/mol. The molecule has 1 N–H and O–H groups in total. The highest BCUT2D eigenvalue weighted by Crippen LogP contribution is 2.31. The average Bonchev–Trinajstić information content (AvgIpc) is 2.45. The second-order valence-electron chi connectivity index (χ2n) is 4.92. The summed E-state index contributed by atoms with van der Waals surface area (Å²) in [6.07, 6.45) is 0.301. The van der Waals surface area contributed by atoms with E-state index in [0.717, 1.165) is 43.9 Å². The molecule has 0 saturated carbocycles. The summed E-state index contributed by atoms with van der Waals surface area (Å²) in [5.41, 5.74) is -1.06. The largest absolute Gasteiger partial charge is 0.416 e. The van der Waals surface area contributed by atoms with Crippen LogP contribution in [0.2, 0.25) is 0 Å². The standard InChI is InChI=1S/C15H20F3NO2/c1-2-3-4-5-6-10-14(20)19(21)13-9-7-8-12(11-13)15(16,17)18/h7-9,11,21H,2-6,10H2,1H3. The number of carbonyl (C=O) groups is 1. The fraction of sp³-hybridized carbons (Fsp3) is 0.533. The van der Waals surface area contributed by atoms with Crippen LogP contribution >= 0.6 is 0 Å². The summed E-state index contributed by atoms with van der Waals surface area (Å²) in [5.74, 6) is -0.592. The Hall–Kier alpha value is -1.56. The summed E-state index contributed by atoms with van der Waals surface area (Å²) < 4.78 is 37.7. The fourth-order valence-electron chi connectivity index (χ4n) is 1.94. The van der Waals surface area contributed by atoms with Gasteiger partial charge in [-0.1, -0.05) is 38.7 Å². The third-order valence-electron chi connectivity index (χ3n) is 3.15. The van der Waals surface area contributed by atoms with Crippen LogP contribution in [0.15, 0.2) is 24.3 Å². The number of anilines is 1. The maximum Gasteiger partial charge on any atom is 0.416 e. The molecule has 0 aliphatic heterocycles. The molecule has 0 unspecified atom stereocenters. The topological polar surface area (TPSA) is 40.5 Å². The number of amides is 1. The number of unbranched alkanes of at least 4 members (excludes halogenated alkanes) is 4. The maximum absolute atomic E-state index is 12.6. The Morgan fingerprint density at radius 3 is 2.48 bits per heavy atom. The average molecular weight is 303 g/mol. The lowest BCUT2D eigenvalue weighted by molar-refractivity contribution is -0.137. The van der Waals surface area contributed by atoms with Crippen LogP contribution in [-0.2, 0) is 11.0 Å². The van der Waals surface area contributed by atoms with Gasteiger partial charge in [0.1, 0.15) is 0 Å². The zero-order valence-electron chi connectivity index (χ0n) is 12.0. The van der Waals surface area contributed by atoms with Gasteiger partial charge in [-0.2, -0.15) is 18.2 Å². The lowest BCUT2D eigenvalue weighted by Gasteiger charge is -2.16. The van der Waals surface area contributed by atoms with Crippen molar-refractivity contribution < 1.29 is 23.2 Å². The SMILES string of the molecule is CCCCCCCC(=O)N(O)c1cccc(C(F)(F)F)c1. The first kappa shape index (κ1) is 17.5. The molecule has 0 saturated heterocycles. The van der Waals surface area contributed by atoms with Crippen molar-refractivity contribution in [3.05, 3.63) is 29.8 Å². The minimum Gasteiger partial charge on any atom is -0.281 e. The van der Waals surface area contributed by atoms with Gasteiger partial charge >= 0.3 is 6.18 Å². The van der Waals surface area contributed by atoms with Crippen molar-refractivity contribution in [3.63, 3.8) is 0 Å². The van der Waals surface area contributed by atoms with Crippen LogP contribution < -0.4 is 5.06 Å². The van der Waals surface area contributed by atoms with E-state index in [2.05, 4.69) is 6.92 Å². The van der Waals surface area contributed by atoms with Crippen molar-refractivity contribution in [1.29, 1.82) is 0 Å². The number of hydrogen-bond donors (Lipinski definition) is 1. The van der Waals surface area contributed by atoms with Gasteiger partial charge in [-0.25, -0.2) is 0 Å². The normalized spacial score (nSPS) is 11.5. The molecule has 21 heavy (non-hydrogen) atoms. The van der Waals surface area contributed by atoms with E-state index in [0.29, 0.717) is 11.5 Å². The molecule has 3 nitrogen and oxygen atoms in total. The van der Waals surface area contributed by atoms with Gasteiger partial charge in [-0.3, -0.25) is 10.0 Å². The molecule has 1 amide bonds. The molecule has 1 rings (SSSR count). The third-order valence-corrected chi connectivity index (χ3v) is 3.15. The third kappa shape index (κ3) is 5.75. The Morgan fingerprint density at radius 2 is 1.86 bits per heavy atom. The van der Waals surface area contributed by atoms with Crippen molar-refractivity contribution in [2.75, 3.05) is 5.06 Å². The molecule has 118 valence electrons. The molecule has 0 atom stereocenters. The van der Waals surface area contributed by atoms with Crippen molar-refractivity contribution in [2.24, 2.45) is 0 Å². The van der Waals surface area contributed by atoms with Crippen LogP contribution in [0.25, 0.3) is 0 Å². The van der Waals surface area contributed by atoms with Crippen LogP contribution in [0.1, 0.15) is 51.0 Å². The molecule has 0 radical (unpaired) electrons. The van der Waals surface area contributed by atoms with Gasteiger partial charge in [-0.15, -0.1) is 0 Å². The lowest BCUT2D eigenvalue weighted by atomic mass is 10.1. The molecular formula is C15H20F3NO2. The molecule has 0 fully saturated rings.